The van der Waals surface area contributed by atoms with E-state index in [1.54, 1.807) is 0 Å². The molecule has 1 aliphatic rings. The van der Waals surface area contributed by atoms with Gasteiger partial charge in [-0.1, -0.05) is 38.0 Å². The minimum absolute atomic E-state index is 0.745. The number of nitrogens with one attached hydrogen (secondary N) is 1. The molecule has 2 unspecified atom stereocenters. The van der Waals surface area contributed by atoms with Crippen LogP contribution in [0.1, 0.15) is 45.1 Å². The Bertz CT molecular complexity index is 402. The number of hydrogen-bond donors (Lipinski definition) is 1. The molecule has 1 aliphatic carbocycles. The van der Waals surface area contributed by atoms with Crippen molar-refractivity contribution >= 4 is 5.69 Å². The van der Waals surface area contributed by atoms with Crippen LogP contribution in [0, 0.1) is 12.8 Å². The molecule has 0 aromatic heterocycles. The molecule has 0 amide bonds. The van der Waals surface area contributed by atoms with Gasteiger partial charge in [0, 0.05) is 31.4 Å². The van der Waals surface area contributed by atoms with Gasteiger partial charge >= 0.3 is 0 Å². The summed E-state index contributed by atoms with van der Waals surface area (Å²) in [5.41, 5.74) is 2.76. The third kappa shape index (κ3) is 4.24. The topological polar surface area (TPSA) is 15.3 Å². The van der Waals surface area contributed by atoms with Crippen molar-refractivity contribution < 1.29 is 0 Å². The van der Waals surface area contributed by atoms with Crippen LogP contribution in [0.15, 0.2) is 24.3 Å². The van der Waals surface area contributed by atoms with Gasteiger partial charge in [-0.3, -0.25) is 0 Å². The third-order valence-corrected chi connectivity index (χ3v) is 4.59. The van der Waals surface area contributed by atoms with Crippen LogP contribution >= 0.6 is 0 Å². The van der Waals surface area contributed by atoms with E-state index in [0.29, 0.717) is 0 Å². The van der Waals surface area contributed by atoms with Gasteiger partial charge in [0.15, 0.2) is 0 Å². The fourth-order valence-electron chi connectivity index (χ4n) is 3.39. The summed E-state index contributed by atoms with van der Waals surface area (Å²) in [4.78, 5) is 2.48. The zero-order valence-corrected chi connectivity index (χ0v) is 13.4. The minimum atomic E-state index is 0.745. The van der Waals surface area contributed by atoms with E-state index in [1.807, 2.05) is 0 Å². The summed E-state index contributed by atoms with van der Waals surface area (Å²) in [6.07, 6.45) is 5.54. The van der Waals surface area contributed by atoms with E-state index in [0.717, 1.165) is 31.6 Å². The van der Waals surface area contributed by atoms with Crippen LogP contribution in [0.4, 0.5) is 5.69 Å². The number of anilines is 1. The Morgan fingerprint density at radius 3 is 2.75 bits per heavy atom. The smallest absolute Gasteiger partial charge is 0.0396 e. The summed E-state index contributed by atoms with van der Waals surface area (Å²) in [5, 5.41) is 3.76. The van der Waals surface area contributed by atoms with Crippen LogP contribution in [-0.2, 0) is 0 Å². The first kappa shape index (κ1) is 15.4. The fraction of sp³-hybridized carbons (Fsp3) is 0.667. The maximum Gasteiger partial charge on any atom is 0.0396 e. The summed E-state index contributed by atoms with van der Waals surface area (Å²) in [5.74, 6) is 0.903. The predicted molar refractivity (Wildman–Crippen MR) is 88.5 cm³/mol. The van der Waals surface area contributed by atoms with Crippen LogP contribution in [-0.4, -0.2) is 25.7 Å². The van der Waals surface area contributed by atoms with E-state index < -0.39 is 0 Å². The summed E-state index contributed by atoms with van der Waals surface area (Å²) in [7, 11) is 0. The molecule has 1 aromatic carbocycles. The maximum absolute atomic E-state index is 3.76. The van der Waals surface area contributed by atoms with Crippen LogP contribution in [0.5, 0.6) is 0 Å². The van der Waals surface area contributed by atoms with Crippen molar-refractivity contribution in [2.24, 2.45) is 5.92 Å². The Hall–Kier alpha value is -1.02. The lowest BCUT2D eigenvalue weighted by atomic mass is 9.87. The monoisotopic (exact) mass is 274 g/mol. The van der Waals surface area contributed by atoms with Crippen molar-refractivity contribution in [2.45, 2.75) is 52.5 Å². The van der Waals surface area contributed by atoms with Crippen molar-refractivity contribution in [2.75, 3.05) is 24.5 Å². The molecule has 2 rings (SSSR count). The number of nitrogens with zero attached hydrogens (tertiary/aromatic N) is 1. The van der Waals surface area contributed by atoms with Crippen LogP contribution in [0.25, 0.3) is 0 Å². The van der Waals surface area contributed by atoms with Crippen LogP contribution in [0.2, 0.25) is 0 Å². The van der Waals surface area contributed by atoms with Gasteiger partial charge in [0.05, 0.1) is 0 Å². The van der Waals surface area contributed by atoms with Gasteiger partial charge in [-0.05, 0) is 44.2 Å². The van der Waals surface area contributed by atoms with Crippen molar-refractivity contribution in [3.63, 3.8) is 0 Å². The fourth-order valence-corrected chi connectivity index (χ4v) is 3.39. The Morgan fingerprint density at radius 2 is 2.05 bits per heavy atom. The van der Waals surface area contributed by atoms with Gasteiger partial charge in [-0.15, -0.1) is 0 Å². The lowest BCUT2D eigenvalue weighted by molar-refractivity contribution is 0.303. The molecule has 0 heterocycles. The lowest BCUT2D eigenvalue weighted by Gasteiger charge is -2.30. The standard InChI is InChI=1S/C18H30N2/c1-4-20(18-11-6-5-9-16(18)3)13-12-19-17-10-7-8-15(2)14-17/h5-6,9,11,15,17,19H,4,7-8,10,12-14H2,1-3H3. The van der Waals surface area contributed by atoms with Gasteiger partial charge in [0.2, 0.25) is 0 Å². The number of likely N-dealkylation sites (N-methyl/N-ethyl adjacent to an activating group) is 1. The Morgan fingerprint density at radius 1 is 1.25 bits per heavy atom. The normalized spacial score (nSPS) is 22.8. The molecule has 2 atom stereocenters. The number of benzene rings is 1. The summed E-state index contributed by atoms with van der Waals surface area (Å²) < 4.78 is 0. The first-order valence-electron chi connectivity index (χ1n) is 8.24. The zero-order chi connectivity index (χ0) is 14.4. The molecular weight excluding hydrogens is 244 g/mol. The third-order valence-electron chi connectivity index (χ3n) is 4.59. The second-order valence-corrected chi connectivity index (χ2v) is 6.29. The average Bonchev–Trinajstić information content (AvgIpc) is 2.45. The molecular formula is C18H30N2. The predicted octanol–water partition coefficient (Wildman–Crippen LogP) is 3.99. The first-order chi connectivity index (χ1) is 9.70. The van der Waals surface area contributed by atoms with E-state index in [-0.39, 0.29) is 0 Å². The van der Waals surface area contributed by atoms with Crippen molar-refractivity contribution in [1.29, 1.82) is 0 Å². The summed E-state index contributed by atoms with van der Waals surface area (Å²) in [6.45, 7) is 10.1. The summed E-state index contributed by atoms with van der Waals surface area (Å²) >= 11 is 0. The van der Waals surface area contributed by atoms with Gasteiger partial charge < -0.3 is 10.2 Å². The number of aryl methyl sites for hydroxylation is 1. The molecule has 112 valence electrons. The molecule has 0 radical (unpaired) electrons. The second kappa shape index (κ2) is 7.68. The highest BCUT2D eigenvalue weighted by Crippen LogP contribution is 2.23. The van der Waals surface area contributed by atoms with Crippen molar-refractivity contribution in [3.05, 3.63) is 29.8 Å². The highest BCUT2D eigenvalue weighted by atomic mass is 15.1. The highest BCUT2D eigenvalue weighted by molar-refractivity contribution is 5.52. The van der Waals surface area contributed by atoms with E-state index in [4.69, 9.17) is 0 Å². The van der Waals surface area contributed by atoms with Gasteiger partial charge in [0.25, 0.3) is 0 Å². The molecule has 2 heteroatoms. The Balaban J connectivity index is 1.81. The second-order valence-electron chi connectivity index (χ2n) is 6.29. The number of para-hydroxylation sites is 1. The number of rotatable bonds is 6. The summed E-state index contributed by atoms with van der Waals surface area (Å²) in [6, 6.07) is 9.44. The number of hydrogen-bond acceptors (Lipinski definition) is 2. The zero-order valence-electron chi connectivity index (χ0n) is 13.4. The molecule has 0 bridgehead atoms. The van der Waals surface area contributed by atoms with E-state index in [2.05, 4.69) is 55.3 Å². The average molecular weight is 274 g/mol. The SMILES string of the molecule is CCN(CCNC1CCCC(C)C1)c1ccccc1C. The van der Waals surface area contributed by atoms with Gasteiger partial charge in [0.1, 0.15) is 0 Å². The van der Waals surface area contributed by atoms with Gasteiger partial charge in [-0.2, -0.15) is 0 Å². The molecule has 1 saturated carbocycles. The van der Waals surface area contributed by atoms with Gasteiger partial charge in [-0.25, -0.2) is 0 Å². The molecule has 1 N–H and O–H groups in total. The first-order valence-corrected chi connectivity index (χ1v) is 8.24. The molecule has 0 spiro atoms. The van der Waals surface area contributed by atoms with E-state index in [9.17, 15) is 0 Å². The van der Waals surface area contributed by atoms with Crippen molar-refractivity contribution in [3.8, 4) is 0 Å². The lowest BCUT2D eigenvalue weighted by Crippen LogP contribution is -2.39. The van der Waals surface area contributed by atoms with E-state index in [1.165, 1.54) is 36.9 Å². The van der Waals surface area contributed by atoms with Crippen LogP contribution in [0.3, 0.4) is 0 Å². The van der Waals surface area contributed by atoms with E-state index >= 15 is 0 Å². The van der Waals surface area contributed by atoms with Crippen molar-refractivity contribution in [1.82, 2.24) is 5.32 Å². The highest BCUT2D eigenvalue weighted by Gasteiger charge is 2.18. The van der Waals surface area contributed by atoms with Crippen LogP contribution < -0.4 is 10.2 Å². The molecule has 1 fully saturated rings. The molecule has 1 aromatic rings. The maximum atomic E-state index is 3.76. The molecule has 2 nitrogen and oxygen atoms in total. The minimum Gasteiger partial charge on any atom is -0.370 e. The Labute approximate surface area is 124 Å². The molecule has 20 heavy (non-hydrogen) atoms. The largest absolute Gasteiger partial charge is 0.370 e. The Kier molecular flexibility index (Phi) is 5.90. The quantitative estimate of drug-likeness (QED) is 0.844. The molecule has 0 aliphatic heterocycles. The molecule has 0 saturated heterocycles.